The lowest BCUT2D eigenvalue weighted by molar-refractivity contribution is 0.391. The zero-order valence-corrected chi connectivity index (χ0v) is 10.4. The van der Waals surface area contributed by atoms with E-state index in [0.717, 1.165) is 15.9 Å². The number of thiol groups is 1. The molecule has 0 aliphatic carbocycles. The number of aromatic nitrogens is 1. The van der Waals surface area contributed by atoms with Crippen molar-refractivity contribution in [2.24, 2.45) is 0 Å². The maximum Gasteiger partial charge on any atom is 0.204 e. The van der Waals surface area contributed by atoms with Gasteiger partial charge in [0.15, 0.2) is 0 Å². The Kier molecular flexibility index (Phi) is 3.72. The summed E-state index contributed by atoms with van der Waals surface area (Å²) in [5.74, 6) is 2.34. The lowest BCUT2D eigenvalue weighted by Crippen LogP contribution is -2.09. The van der Waals surface area contributed by atoms with Crippen LogP contribution < -0.4 is 0 Å². The van der Waals surface area contributed by atoms with E-state index in [2.05, 4.69) is 45.0 Å². The van der Waals surface area contributed by atoms with Crippen LogP contribution in [-0.4, -0.2) is 4.98 Å². The van der Waals surface area contributed by atoms with Crippen LogP contribution in [0.25, 0.3) is 0 Å². The Hall–Kier alpha value is -0.350. The number of oxazole rings is 1. The van der Waals surface area contributed by atoms with Gasteiger partial charge in [-0.25, -0.2) is 4.98 Å². The van der Waals surface area contributed by atoms with E-state index in [-0.39, 0.29) is 5.41 Å². The standard InChI is InChI=1S/C10H15NOS2/c1-7(13)14-6-9-11-5-8(12-9)10(2,3)4/h5,13H,1,6H2,2-4H3. The van der Waals surface area contributed by atoms with Crippen molar-refractivity contribution in [2.45, 2.75) is 31.9 Å². The van der Waals surface area contributed by atoms with Gasteiger partial charge in [0, 0.05) is 9.65 Å². The van der Waals surface area contributed by atoms with Crippen LogP contribution in [0, 0.1) is 0 Å². The molecule has 0 saturated heterocycles. The molecule has 0 fully saturated rings. The van der Waals surface area contributed by atoms with E-state index >= 15 is 0 Å². The molecule has 0 aromatic carbocycles. The predicted octanol–water partition coefficient (Wildman–Crippen LogP) is 3.61. The van der Waals surface area contributed by atoms with Gasteiger partial charge in [-0.1, -0.05) is 27.4 Å². The van der Waals surface area contributed by atoms with Crippen LogP contribution in [-0.2, 0) is 11.2 Å². The largest absolute Gasteiger partial charge is 0.444 e. The fraction of sp³-hybridized carbons (Fsp3) is 0.500. The molecule has 78 valence electrons. The zero-order valence-electron chi connectivity index (χ0n) is 8.70. The summed E-state index contributed by atoms with van der Waals surface area (Å²) in [6, 6.07) is 0. The molecule has 4 heteroatoms. The molecule has 1 aromatic heterocycles. The van der Waals surface area contributed by atoms with Crippen LogP contribution in [0.2, 0.25) is 0 Å². The van der Waals surface area contributed by atoms with Crippen LogP contribution in [0.3, 0.4) is 0 Å². The third-order valence-electron chi connectivity index (χ3n) is 1.66. The molecule has 0 radical (unpaired) electrons. The van der Waals surface area contributed by atoms with Gasteiger partial charge in [-0.3, -0.25) is 0 Å². The molecule has 14 heavy (non-hydrogen) atoms. The van der Waals surface area contributed by atoms with E-state index in [0.29, 0.717) is 5.75 Å². The molecule has 0 spiro atoms. The second kappa shape index (κ2) is 4.45. The van der Waals surface area contributed by atoms with Gasteiger partial charge < -0.3 is 4.42 Å². The molecular weight excluding hydrogens is 214 g/mol. The first-order valence-corrected chi connectivity index (χ1v) is 5.79. The van der Waals surface area contributed by atoms with Crippen molar-refractivity contribution in [3.63, 3.8) is 0 Å². The van der Waals surface area contributed by atoms with Gasteiger partial charge in [-0.05, 0) is 0 Å². The molecule has 0 atom stereocenters. The van der Waals surface area contributed by atoms with E-state index in [9.17, 15) is 0 Å². The highest BCUT2D eigenvalue weighted by atomic mass is 32.2. The minimum atomic E-state index is 0.0217. The first-order valence-electron chi connectivity index (χ1n) is 4.35. The summed E-state index contributed by atoms with van der Waals surface area (Å²) in [5.41, 5.74) is 0.0217. The SMILES string of the molecule is C=C(S)SCc1ncc(C(C)(C)C)o1. The van der Waals surface area contributed by atoms with Crippen LogP contribution in [0.5, 0.6) is 0 Å². The molecule has 1 rings (SSSR count). The van der Waals surface area contributed by atoms with E-state index in [1.807, 2.05) is 0 Å². The first-order chi connectivity index (χ1) is 6.39. The van der Waals surface area contributed by atoms with E-state index in [1.54, 1.807) is 6.20 Å². The minimum absolute atomic E-state index is 0.0217. The number of thioether (sulfide) groups is 1. The number of hydrogen-bond acceptors (Lipinski definition) is 4. The van der Waals surface area contributed by atoms with Gasteiger partial charge >= 0.3 is 0 Å². The van der Waals surface area contributed by atoms with Crippen LogP contribution in [0.4, 0.5) is 0 Å². The molecule has 0 N–H and O–H groups in total. The maximum atomic E-state index is 5.59. The highest BCUT2D eigenvalue weighted by molar-refractivity contribution is 8.15. The Morgan fingerprint density at radius 3 is 2.71 bits per heavy atom. The summed E-state index contributed by atoms with van der Waals surface area (Å²) in [6.45, 7) is 9.98. The molecule has 0 saturated carbocycles. The molecule has 2 nitrogen and oxygen atoms in total. The van der Waals surface area contributed by atoms with Crippen molar-refractivity contribution in [1.29, 1.82) is 0 Å². The lowest BCUT2D eigenvalue weighted by atomic mass is 9.94. The minimum Gasteiger partial charge on any atom is -0.444 e. The first kappa shape index (κ1) is 11.7. The van der Waals surface area contributed by atoms with Crippen molar-refractivity contribution in [1.82, 2.24) is 4.98 Å². The molecule has 1 aromatic rings. The number of rotatable bonds is 3. The fourth-order valence-corrected chi connectivity index (χ4v) is 1.49. The fourth-order valence-electron chi connectivity index (χ4n) is 0.869. The van der Waals surface area contributed by atoms with Crippen LogP contribution in [0.1, 0.15) is 32.4 Å². The van der Waals surface area contributed by atoms with E-state index < -0.39 is 0 Å². The van der Waals surface area contributed by atoms with Crippen molar-refractivity contribution < 1.29 is 4.42 Å². The highest BCUT2D eigenvalue weighted by Crippen LogP contribution is 2.26. The summed E-state index contributed by atoms with van der Waals surface area (Å²) in [6.07, 6.45) is 1.79. The molecule has 0 aliphatic heterocycles. The Balaban J connectivity index is 2.64. The average molecular weight is 229 g/mol. The summed E-state index contributed by atoms with van der Waals surface area (Å²) in [4.78, 5) is 4.19. The van der Waals surface area contributed by atoms with Gasteiger partial charge in [-0.2, -0.15) is 0 Å². The molecule has 1 heterocycles. The Morgan fingerprint density at radius 1 is 1.64 bits per heavy atom. The third kappa shape index (κ3) is 3.42. The summed E-state index contributed by atoms with van der Waals surface area (Å²) < 4.78 is 6.37. The highest BCUT2D eigenvalue weighted by Gasteiger charge is 2.18. The Bertz CT molecular complexity index is 325. The summed E-state index contributed by atoms with van der Waals surface area (Å²) in [5, 5.41) is 0. The van der Waals surface area contributed by atoms with Gasteiger partial charge in [0.2, 0.25) is 5.89 Å². The smallest absolute Gasteiger partial charge is 0.204 e. The molecular formula is C10H15NOS2. The van der Waals surface area contributed by atoms with Crippen molar-refractivity contribution in [3.05, 3.63) is 28.7 Å². The van der Waals surface area contributed by atoms with E-state index in [1.165, 1.54) is 11.8 Å². The van der Waals surface area contributed by atoms with Gasteiger partial charge in [0.1, 0.15) is 5.76 Å². The number of nitrogens with zero attached hydrogens (tertiary/aromatic N) is 1. The quantitative estimate of drug-likeness (QED) is 0.802. The Labute approximate surface area is 94.6 Å². The van der Waals surface area contributed by atoms with Crippen molar-refractivity contribution in [2.75, 3.05) is 0 Å². The molecule has 0 bridgehead atoms. The zero-order chi connectivity index (χ0) is 10.8. The molecule has 0 amide bonds. The maximum absolute atomic E-state index is 5.59. The molecule has 0 unspecified atom stereocenters. The van der Waals surface area contributed by atoms with Crippen molar-refractivity contribution in [3.8, 4) is 0 Å². The second-order valence-corrected chi connectivity index (χ2v) is 5.96. The van der Waals surface area contributed by atoms with Crippen LogP contribution in [0.15, 0.2) is 21.4 Å². The topological polar surface area (TPSA) is 26.0 Å². The Morgan fingerprint density at radius 2 is 2.29 bits per heavy atom. The molecule has 0 aliphatic rings. The summed E-state index contributed by atoms with van der Waals surface area (Å²) in [7, 11) is 0. The third-order valence-corrected chi connectivity index (χ3v) is 2.77. The summed E-state index contributed by atoms with van der Waals surface area (Å²) >= 11 is 5.61. The van der Waals surface area contributed by atoms with Gasteiger partial charge in [-0.15, -0.1) is 24.4 Å². The lowest BCUT2D eigenvalue weighted by Gasteiger charge is -2.12. The predicted molar refractivity (Wildman–Crippen MR) is 64.6 cm³/mol. The van der Waals surface area contributed by atoms with Gasteiger partial charge in [0.05, 0.1) is 11.9 Å². The number of hydrogen-bond donors (Lipinski definition) is 1. The van der Waals surface area contributed by atoms with Crippen molar-refractivity contribution >= 4 is 24.4 Å². The average Bonchev–Trinajstić information content (AvgIpc) is 2.47. The van der Waals surface area contributed by atoms with Gasteiger partial charge in [0.25, 0.3) is 0 Å². The monoisotopic (exact) mass is 229 g/mol. The van der Waals surface area contributed by atoms with E-state index in [4.69, 9.17) is 4.42 Å². The van der Waals surface area contributed by atoms with Crippen LogP contribution >= 0.6 is 24.4 Å². The second-order valence-electron chi connectivity index (χ2n) is 4.05. The normalized spacial score (nSPS) is 11.7.